The lowest BCUT2D eigenvalue weighted by atomic mass is 10.1. The van der Waals surface area contributed by atoms with Crippen LogP contribution in [0.1, 0.15) is 26.2 Å². The number of rotatable bonds is 2. The van der Waals surface area contributed by atoms with Gasteiger partial charge in [-0.25, -0.2) is 0 Å². The van der Waals surface area contributed by atoms with Gasteiger partial charge in [0.1, 0.15) is 0 Å². The maximum absolute atomic E-state index is 5.60. The van der Waals surface area contributed by atoms with Crippen molar-refractivity contribution in [2.24, 2.45) is 10.7 Å². The first kappa shape index (κ1) is 8.53. The summed E-state index contributed by atoms with van der Waals surface area (Å²) in [6.45, 7) is 3.65. The van der Waals surface area contributed by atoms with Gasteiger partial charge in [0.25, 0.3) is 0 Å². The zero-order chi connectivity index (χ0) is 8.10. The molecule has 0 spiro atoms. The van der Waals surface area contributed by atoms with Crippen LogP contribution in [0.5, 0.6) is 0 Å². The first-order chi connectivity index (χ1) is 5.33. The monoisotopic (exact) mass is 156 g/mol. The Morgan fingerprint density at radius 1 is 1.73 bits per heavy atom. The summed E-state index contributed by atoms with van der Waals surface area (Å²) in [5.41, 5.74) is 5.60. The quantitative estimate of drug-likeness (QED) is 0.477. The number of hydrogen-bond acceptors (Lipinski definition) is 2. The smallest absolute Gasteiger partial charge is 0.0938 e. The predicted octanol–water partition coefficient (Wildman–Crippen LogP) is 0.933. The highest BCUT2D eigenvalue weighted by atomic mass is 16.5. The highest BCUT2D eigenvalue weighted by molar-refractivity contribution is 5.80. The molecule has 0 radical (unpaired) electrons. The van der Waals surface area contributed by atoms with Crippen LogP contribution in [-0.2, 0) is 4.74 Å². The van der Waals surface area contributed by atoms with E-state index in [1.54, 1.807) is 0 Å². The molecule has 1 aliphatic rings. The maximum Gasteiger partial charge on any atom is 0.0938 e. The Kier molecular flexibility index (Phi) is 3.36. The normalized spacial score (nSPS) is 27.0. The summed E-state index contributed by atoms with van der Waals surface area (Å²) in [5, 5.41) is 0. The van der Waals surface area contributed by atoms with E-state index in [2.05, 4.69) is 4.99 Å². The molecule has 0 saturated carbocycles. The Labute approximate surface area is 67.6 Å². The van der Waals surface area contributed by atoms with Crippen molar-refractivity contribution in [3.8, 4) is 0 Å². The molecule has 1 fully saturated rings. The molecule has 3 nitrogen and oxygen atoms in total. The largest absolute Gasteiger partial charge is 0.387 e. The Morgan fingerprint density at radius 2 is 2.55 bits per heavy atom. The second kappa shape index (κ2) is 4.34. The molecule has 0 amide bonds. The van der Waals surface area contributed by atoms with Gasteiger partial charge < -0.3 is 10.5 Å². The van der Waals surface area contributed by atoms with E-state index in [1.165, 1.54) is 0 Å². The molecule has 1 atom stereocenters. The van der Waals surface area contributed by atoms with Gasteiger partial charge in [0.15, 0.2) is 0 Å². The van der Waals surface area contributed by atoms with E-state index < -0.39 is 0 Å². The number of ether oxygens (including phenoxy) is 1. The molecule has 0 aromatic heterocycles. The topological polar surface area (TPSA) is 47.6 Å². The molecule has 3 heteroatoms. The summed E-state index contributed by atoms with van der Waals surface area (Å²) in [6.07, 6.45) is 3.09. The molecule has 1 aliphatic heterocycles. The van der Waals surface area contributed by atoms with Crippen LogP contribution >= 0.6 is 0 Å². The molecule has 1 saturated heterocycles. The fourth-order valence-electron chi connectivity index (χ4n) is 1.15. The molecule has 0 aliphatic carbocycles. The summed E-state index contributed by atoms with van der Waals surface area (Å²) in [5.74, 6) is 0.750. The van der Waals surface area contributed by atoms with Gasteiger partial charge in [0, 0.05) is 13.0 Å². The van der Waals surface area contributed by atoms with E-state index in [0.29, 0.717) is 6.04 Å². The third kappa shape index (κ3) is 2.89. The lowest BCUT2D eigenvalue weighted by Crippen LogP contribution is -2.24. The Bertz CT molecular complexity index is 139. The summed E-state index contributed by atoms with van der Waals surface area (Å²) in [4.78, 5) is 4.32. The van der Waals surface area contributed by atoms with E-state index in [1.807, 2.05) is 6.92 Å². The molecule has 1 heterocycles. The van der Waals surface area contributed by atoms with Gasteiger partial charge in [-0.15, -0.1) is 0 Å². The summed E-state index contributed by atoms with van der Waals surface area (Å²) in [7, 11) is 0. The zero-order valence-electron chi connectivity index (χ0n) is 7.05. The maximum atomic E-state index is 5.60. The Balaban J connectivity index is 2.34. The van der Waals surface area contributed by atoms with Crippen LogP contribution in [0.4, 0.5) is 0 Å². The molecule has 11 heavy (non-hydrogen) atoms. The third-order valence-electron chi connectivity index (χ3n) is 1.85. The first-order valence-electron chi connectivity index (χ1n) is 4.22. The second-order valence-corrected chi connectivity index (χ2v) is 2.84. The van der Waals surface area contributed by atoms with Crippen LogP contribution in [0.2, 0.25) is 0 Å². The van der Waals surface area contributed by atoms with E-state index in [-0.39, 0.29) is 0 Å². The van der Waals surface area contributed by atoms with Gasteiger partial charge in [-0.05, 0) is 12.8 Å². The molecule has 64 valence electrons. The van der Waals surface area contributed by atoms with Crippen molar-refractivity contribution in [3.63, 3.8) is 0 Å². The van der Waals surface area contributed by atoms with Gasteiger partial charge in [-0.2, -0.15) is 0 Å². The molecule has 2 N–H and O–H groups in total. The van der Waals surface area contributed by atoms with Crippen molar-refractivity contribution in [3.05, 3.63) is 0 Å². The minimum absolute atomic E-state index is 0.323. The molecule has 1 unspecified atom stereocenters. The van der Waals surface area contributed by atoms with Crippen molar-refractivity contribution in [1.82, 2.24) is 0 Å². The van der Waals surface area contributed by atoms with Crippen molar-refractivity contribution < 1.29 is 4.74 Å². The van der Waals surface area contributed by atoms with Crippen LogP contribution in [0.25, 0.3) is 0 Å². The van der Waals surface area contributed by atoms with Crippen LogP contribution in [0, 0.1) is 0 Å². The number of hydrogen-bond donors (Lipinski definition) is 1. The van der Waals surface area contributed by atoms with Crippen molar-refractivity contribution >= 4 is 5.84 Å². The lowest BCUT2D eigenvalue weighted by Gasteiger charge is -2.18. The fourth-order valence-corrected chi connectivity index (χ4v) is 1.15. The highest BCUT2D eigenvalue weighted by Crippen LogP contribution is 2.09. The predicted molar refractivity (Wildman–Crippen MR) is 45.8 cm³/mol. The number of nitrogens with two attached hydrogens (primary N) is 1. The van der Waals surface area contributed by atoms with E-state index in [9.17, 15) is 0 Å². The van der Waals surface area contributed by atoms with Crippen LogP contribution < -0.4 is 5.73 Å². The molecular formula is C8H16N2O. The van der Waals surface area contributed by atoms with Crippen LogP contribution in [-0.4, -0.2) is 25.1 Å². The van der Waals surface area contributed by atoms with Gasteiger partial charge >= 0.3 is 0 Å². The molecule has 0 bridgehead atoms. The summed E-state index contributed by atoms with van der Waals surface area (Å²) in [6, 6.07) is 0.323. The summed E-state index contributed by atoms with van der Waals surface area (Å²) < 4.78 is 5.26. The molecule has 0 aromatic rings. The standard InChI is InChI=1S/C8H16N2O/c1-2-8(9)10-7-4-3-5-11-6-7/h7H,2-6H2,1H3,(H2,9,10). The molecular weight excluding hydrogens is 140 g/mol. The van der Waals surface area contributed by atoms with Gasteiger partial charge in [-0.3, -0.25) is 4.99 Å². The lowest BCUT2D eigenvalue weighted by molar-refractivity contribution is 0.0828. The first-order valence-corrected chi connectivity index (χ1v) is 4.22. The third-order valence-corrected chi connectivity index (χ3v) is 1.85. The minimum atomic E-state index is 0.323. The molecule has 1 rings (SSSR count). The molecule has 0 aromatic carbocycles. The average Bonchev–Trinajstić information content (AvgIpc) is 2.06. The van der Waals surface area contributed by atoms with Crippen LogP contribution in [0.15, 0.2) is 4.99 Å². The van der Waals surface area contributed by atoms with E-state index in [0.717, 1.165) is 38.3 Å². The SMILES string of the molecule is CCC(N)=NC1CCCOC1. The Hall–Kier alpha value is -0.570. The highest BCUT2D eigenvalue weighted by Gasteiger charge is 2.11. The van der Waals surface area contributed by atoms with Gasteiger partial charge in [-0.1, -0.05) is 6.92 Å². The second-order valence-electron chi connectivity index (χ2n) is 2.84. The van der Waals surface area contributed by atoms with E-state index in [4.69, 9.17) is 10.5 Å². The minimum Gasteiger partial charge on any atom is -0.387 e. The van der Waals surface area contributed by atoms with Crippen molar-refractivity contribution in [1.29, 1.82) is 0 Å². The van der Waals surface area contributed by atoms with Crippen molar-refractivity contribution in [2.75, 3.05) is 13.2 Å². The van der Waals surface area contributed by atoms with E-state index >= 15 is 0 Å². The number of nitrogens with zero attached hydrogens (tertiary/aromatic N) is 1. The summed E-state index contributed by atoms with van der Waals surface area (Å²) >= 11 is 0. The van der Waals surface area contributed by atoms with Gasteiger partial charge in [0.2, 0.25) is 0 Å². The van der Waals surface area contributed by atoms with Crippen LogP contribution in [0.3, 0.4) is 0 Å². The number of aliphatic imine (C=N–C) groups is 1. The van der Waals surface area contributed by atoms with Gasteiger partial charge in [0.05, 0.1) is 18.5 Å². The van der Waals surface area contributed by atoms with Crippen molar-refractivity contribution in [2.45, 2.75) is 32.2 Å². The zero-order valence-corrected chi connectivity index (χ0v) is 7.05. The number of amidine groups is 1. The average molecular weight is 156 g/mol. The fraction of sp³-hybridized carbons (Fsp3) is 0.875. The Morgan fingerprint density at radius 3 is 3.09 bits per heavy atom.